The zero-order valence-corrected chi connectivity index (χ0v) is 14.4. The first-order chi connectivity index (χ1) is 11.7. The van der Waals surface area contributed by atoms with Crippen LogP contribution in [0, 0.1) is 0 Å². The van der Waals surface area contributed by atoms with Crippen molar-refractivity contribution in [1.29, 1.82) is 0 Å². The van der Waals surface area contributed by atoms with Crippen LogP contribution >= 0.6 is 15.9 Å². The minimum Gasteiger partial charge on any atom is -0.496 e. The van der Waals surface area contributed by atoms with E-state index < -0.39 is 0 Å². The van der Waals surface area contributed by atoms with E-state index in [1.807, 2.05) is 42.5 Å². The van der Waals surface area contributed by atoms with Crippen molar-refractivity contribution >= 4 is 39.1 Å². The zero-order valence-electron chi connectivity index (χ0n) is 12.8. The van der Waals surface area contributed by atoms with Gasteiger partial charge >= 0.3 is 0 Å². The molecule has 1 heterocycles. The Balaban J connectivity index is 1.66. The van der Waals surface area contributed by atoms with Crippen LogP contribution in [0.25, 0.3) is 11.0 Å². The van der Waals surface area contributed by atoms with E-state index in [4.69, 9.17) is 4.74 Å². The molecule has 7 nitrogen and oxygen atoms in total. The lowest BCUT2D eigenvalue weighted by Crippen LogP contribution is -2.23. The molecule has 0 unspecified atom stereocenters. The van der Waals surface area contributed by atoms with Gasteiger partial charge in [0.25, 0.3) is 5.91 Å². The van der Waals surface area contributed by atoms with Crippen LogP contribution in [0.15, 0.2) is 52.0 Å². The topological polar surface area (TPSA) is 81.4 Å². The summed E-state index contributed by atoms with van der Waals surface area (Å²) in [7, 11) is 1.58. The standard InChI is InChI=1S/C16H14BrN5O2/c1-24-15-7-6-12(17)8-11(15)9-18-20-16(23)10-22-14-5-3-2-4-13(14)19-21-22/h2-9H,10H2,1H3,(H,20,23). The van der Waals surface area contributed by atoms with Crippen molar-refractivity contribution in [2.75, 3.05) is 7.11 Å². The molecule has 0 radical (unpaired) electrons. The highest BCUT2D eigenvalue weighted by Crippen LogP contribution is 2.21. The second kappa shape index (κ2) is 7.22. The van der Waals surface area contributed by atoms with Crippen molar-refractivity contribution < 1.29 is 9.53 Å². The van der Waals surface area contributed by atoms with Gasteiger partial charge in [-0.2, -0.15) is 5.10 Å². The van der Waals surface area contributed by atoms with E-state index in [9.17, 15) is 4.79 Å². The Bertz CT molecular complexity index is 906. The lowest BCUT2D eigenvalue weighted by molar-refractivity contribution is -0.121. The fraction of sp³-hybridized carbons (Fsp3) is 0.125. The fourth-order valence-electron chi connectivity index (χ4n) is 2.19. The van der Waals surface area contributed by atoms with Gasteiger partial charge in [0.15, 0.2) is 0 Å². The predicted octanol–water partition coefficient (Wildman–Crippen LogP) is 2.35. The Morgan fingerprint density at radius 1 is 1.38 bits per heavy atom. The van der Waals surface area contributed by atoms with Gasteiger partial charge in [-0.3, -0.25) is 4.79 Å². The third-order valence-corrected chi connectivity index (χ3v) is 3.79. The van der Waals surface area contributed by atoms with Crippen molar-refractivity contribution in [3.05, 3.63) is 52.5 Å². The minimum absolute atomic E-state index is 0.0352. The summed E-state index contributed by atoms with van der Waals surface area (Å²) in [6, 6.07) is 13.0. The van der Waals surface area contributed by atoms with Crippen LogP contribution in [-0.4, -0.2) is 34.2 Å². The summed E-state index contributed by atoms with van der Waals surface area (Å²) in [6.45, 7) is 0.0352. The van der Waals surface area contributed by atoms with E-state index in [0.717, 1.165) is 21.1 Å². The smallest absolute Gasteiger partial charge is 0.261 e. The number of ether oxygens (including phenoxy) is 1. The number of halogens is 1. The van der Waals surface area contributed by atoms with E-state index in [1.54, 1.807) is 7.11 Å². The van der Waals surface area contributed by atoms with Gasteiger partial charge in [-0.15, -0.1) is 5.10 Å². The third kappa shape index (κ3) is 3.60. The average molecular weight is 388 g/mol. The first-order valence-electron chi connectivity index (χ1n) is 7.11. The number of hydrogen-bond donors (Lipinski definition) is 1. The molecule has 3 rings (SSSR count). The normalized spacial score (nSPS) is 11.1. The molecule has 0 aliphatic rings. The SMILES string of the molecule is COc1ccc(Br)cc1C=NNC(=O)Cn1nnc2ccccc21. The lowest BCUT2D eigenvalue weighted by atomic mass is 10.2. The molecule has 0 saturated heterocycles. The summed E-state index contributed by atoms with van der Waals surface area (Å²) in [5, 5.41) is 11.9. The van der Waals surface area contributed by atoms with Crippen LogP contribution in [-0.2, 0) is 11.3 Å². The summed E-state index contributed by atoms with van der Waals surface area (Å²) < 4.78 is 7.67. The highest BCUT2D eigenvalue weighted by Gasteiger charge is 2.07. The van der Waals surface area contributed by atoms with Crippen LogP contribution in [0.2, 0.25) is 0 Å². The first kappa shape index (κ1) is 16.1. The molecule has 1 aromatic heterocycles. The summed E-state index contributed by atoms with van der Waals surface area (Å²) in [5.41, 5.74) is 4.76. The molecule has 3 aromatic rings. The van der Waals surface area contributed by atoms with Crippen molar-refractivity contribution in [2.24, 2.45) is 5.10 Å². The highest BCUT2D eigenvalue weighted by atomic mass is 79.9. The molecule has 0 saturated carbocycles. The lowest BCUT2D eigenvalue weighted by Gasteiger charge is -2.05. The predicted molar refractivity (Wildman–Crippen MR) is 94.0 cm³/mol. The fourth-order valence-corrected chi connectivity index (χ4v) is 2.56. The van der Waals surface area contributed by atoms with Crippen LogP contribution in [0.1, 0.15) is 5.56 Å². The molecular weight excluding hydrogens is 374 g/mol. The molecule has 24 heavy (non-hydrogen) atoms. The van der Waals surface area contributed by atoms with Gasteiger partial charge in [0, 0.05) is 10.0 Å². The zero-order chi connectivity index (χ0) is 16.9. The molecule has 0 aliphatic heterocycles. The molecule has 0 spiro atoms. The third-order valence-electron chi connectivity index (χ3n) is 3.30. The first-order valence-corrected chi connectivity index (χ1v) is 7.90. The maximum absolute atomic E-state index is 12.0. The molecule has 0 bridgehead atoms. The van der Waals surface area contributed by atoms with E-state index >= 15 is 0 Å². The van der Waals surface area contributed by atoms with Gasteiger partial charge in [0.05, 0.1) is 18.8 Å². The van der Waals surface area contributed by atoms with Crippen molar-refractivity contribution in [1.82, 2.24) is 20.4 Å². The Labute approximate surface area is 146 Å². The number of benzene rings is 2. The summed E-state index contributed by atoms with van der Waals surface area (Å²) in [5.74, 6) is 0.370. The molecular formula is C16H14BrN5O2. The Morgan fingerprint density at radius 3 is 3.04 bits per heavy atom. The molecule has 2 aromatic carbocycles. The van der Waals surface area contributed by atoms with Crippen molar-refractivity contribution in [2.45, 2.75) is 6.54 Å². The van der Waals surface area contributed by atoms with Gasteiger partial charge in [0.2, 0.25) is 0 Å². The van der Waals surface area contributed by atoms with Crippen molar-refractivity contribution in [3.8, 4) is 5.75 Å². The molecule has 0 atom stereocenters. The highest BCUT2D eigenvalue weighted by molar-refractivity contribution is 9.10. The number of hydrogen-bond acceptors (Lipinski definition) is 5. The van der Waals surface area contributed by atoms with E-state index in [-0.39, 0.29) is 12.5 Å². The number of amides is 1. The molecule has 0 fully saturated rings. The van der Waals surface area contributed by atoms with E-state index in [1.165, 1.54) is 10.9 Å². The van der Waals surface area contributed by atoms with Crippen LogP contribution in [0.4, 0.5) is 0 Å². The molecule has 8 heteroatoms. The largest absolute Gasteiger partial charge is 0.496 e. The number of rotatable bonds is 5. The number of carbonyl (C=O) groups excluding carboxylic acids is 1. The monoisotopic (exact) mass is 387 g/mol. The maximum Gasteiger partial charge on any atom is 0.261 e. The second-order valence-electron chi connectivity index (χ2n) is 4.92. The Hall–Kier alpha value is -2.74. The number of methoxy groups -OCH3 is 1. The Kier molecular flexibility index (Phi) is 4.85. The number of fused-ring (bicyclic) bond motifs is 1. The van der Waals surface area contributed by atoms with E-state index in [2.05, 4.69) is 36.8 Å². The minimum atomic E-state index is -0.295. The molecule has 122 valence electrons. The number of nitrogens with one attached hydrogen (secondary N) is 1. The van der Waals surface area contributed by atoms with Gasteiger partial charge in [-0.1, -0.05) is 33.3 Å². The van der Waals surface area contributed by atoms with E-state index in [0.29, 0.717) is 5.75 Å². The van der Waals surface area contributed by atoms with Gasteiger partial charge in [0.1, 0.15) is 17.8 Å². The number of carbonyl (C=O) groups is 1. The molecule has 0 aliphatic carbocycles. The second-order valence-corrected chi connectivity index (χ2v) is 5.83. The molecule has 1 amide bonds. The maximum atomic E-state index is 12.0. The Morgan fingerprint density at radius 2 is 2.21 bits per heavy atom. The number of hydrazone groups is 1. The van der Waals surface area contributed by atoms with Crippen LogP contribution in [0.3, 0.4) is 0 Å². The number of nitrogens with zero attached hydrogens (tertiary/aromatic N) is 4. The number of aromatic nitrogens is 3. The van der Waals surface area contributed by atoms with Gasteiger partial charge < -0.3 is 4.74 Å². The quantitative estimate of drug-likeness (QED) is 0.538. The van der Waals surface area contributed by atoms with Crippen LogP contribution in [0.5, 0.6) is 5.75 Å². The van der Waals surface area contributed by atoms with Gasteiger partial charge in [-0.05, 0) is 30.3 Å². The molecule has 1 N–H and O–H groups in total. The van der Waals surface area contributed by atoms with Gasteiger partial charge in [-0.25, -0.2) is 10.1 Å². The summed E-state index contributed by atoms with van der Waals surface area (Å²) in [6.07, 6.45) is 1.53. The van der Waals surface area contributed by atoms with Crippen LogP contribution < -0.4 is 10.2 Å². The summed E-state index contributed by atoms with van der Waals surface area (Å²) >= 11 is 3.39. The number of para-hydroxylation sites is 1. The summed E-state index contributed by atoms with van der Waals surface area (Å²) in [4.78, 5) is 12.0. The van der Waals surface area contributed by atoms with Crippen molar-refractivity contribution in [3.63, 3.8) is 0 Å². The average Bonchev–Trinajstić information content (AvgIpc) is 2.98.